The topological polar surface area (TPSA) is 110 Å². The van der Waals surface area contributed by atoms with Crippen LogP contribution >= 0.6 is 23.1 Å². The van der Waals surface area contributed by atoms with Gasteiger partial charge in [0.05, 0.1) is 0 Å². The lowest BCUT2D eigenvalue weighted by Gasteiger charge is -2.52. The first-order valence-corrected chi connectivity index (χ1v) is 8.49. The van der Waals surface area contributed by atoms with Gasteiger partial charge in [-0.3, -0.25) is 9.59 Å². The van der Waals surface area contributed by atoms with E-state index in [2.05, 4.69) is 0 Å². The zero-order valence-corrected chi connectivity index (χ0v) is 13.1. The van der Waals surface area contributed by atoms with E-state index in [0.717, 1.165) is 0 Å². The predicted molar refractivity (Wildman–Crippen MR) is 80.6 cm³/mol. The van der Waals surface area contributed by atoms with Crippen LogP contribution in [0.4, 0.5) is 0 Å². The van der Waals surface area contributed by atoms with Crippen molar-refractivity contribution in [1.82, 2.24) is 4.90 Å². The minimum atomic E-state index is -1.29. The minimum Gasteiger partial charge on any atom is -0.481 e. The minimum absolute atomic E-state index is 0.0181. The third-order valence-corrected chi connectivity index (χ3v) is 6.30. The molecule has 2 aliphatic rings. The van der Waals surface area contributed by atoms with Gasteiger partial charge in [0.1, 0.15) is 28.3 Å². The number of carbonyl (C=O) groups excluding carboxylic acids is 2. The van der Waals surface area contributed by atoms with Gasteiger partial charge in [-0.1, -0.05) is 6.07 Å². The Morgan fingerprint density at radius 3 is 2.95 bits per heavy atom. The van der Waals surface area contributed by atoms with Gasteiger partial charge in [-0.15, -0.1) is 23.1 Å². The van der Waals surface area contributed by atoms with Crippen molar-refractivity contribution in [2.24, 2.45) is 11.1 Å². The number of rotatable bonds is 4. The molecule has 3 rings (SSSR count). The summed E-state index contributed by atoms with van der Waals surface area (Å²) in [6, 6.07) is 2.77. The largest absolute Gasteiger partial charge is 0.481 e. The molecule has 1 aromatic heterocycles. The van der Waals surface area contributed by atoms with E-state index in [0.29, 0.717) is 4.88 Å². The van der Waals surface area contributed by atoms with E-state index >= 15 is 0 Å². The molecule has 7 nitrogen and oxygen atoms in total. The van der Waals surface area contributed by atoms with Gasteiger partial charge in [-0.05, 0) is 11.4 Å². The zero-order valence-electron chi connectivity index (χ0n) is 11.4. The van der Waals surface area contributed by atoms with E-state index in [1.807, 2.05) is 0 Å². The molecular weight excluding hydrogens is 328 g/mol. The van der Waals surface area contributed by atoms with E-state index in [4.69, 9.17) is 10.5 Å². The summed E-state index contributed by atoms with van der Waals surface area (Å²) < 4.78 is 5.17. The second-order valence-corrected chi connectivity index (χ2v) is 7.39. The fraction of sp³-hybridized carbons (Fsp3) is 0.462. The fourth-order valence-electron chi connectivity index (χ4n) is 2.48. The summed E-state index contributed by atoms with van der Waals surface area (Å²) in [6.07, 6.45) is 0. The number of esters is 1. The quantitative estimate of drug-likeness (QED) is 0.595. The van der Waals surface area contributed by atoms with E-state index in [1.54, 1.807) is 17.5 Å². The molecule has 3 heterocycles. The van der Waals surface area contributed by atoms with Crippen LogP contribution < -0.4 is 5.73 Å². The number of carboxylic acids is 1. The number of thioether (sulfide) groups is 1. The lowest BCUT2D eigenvalue weighted by Crippen LogP contribution is -2.72. The van der Waals surface area contributed by atoms with Gasteiger partial charge in [0.2, 0.25) is 5.91 Å². The van der Waals surface area contributed by atoms with Crippen molar-refractivity contribution in [3.05, 3.63) is 22.4 Å². The molecule has 0 saturated carbocycles. The van der Waals surface area contributed by atoms with Crippen molar-refractivity contribution >= 4 is 40.9 Å². The van der Waals surface area contributed by atoms with Crippen molar-refractivity contribution < 1.29 is 24.2 Å². The van der Waals surface area contributed by atoms with Crippen molar-refractivity contribution in [1.29, 1.82) is 0 Å². The number of nitrogens with two attached hydrogens (primary N) is 1. The van der Waals surface area contributed by atoms with Crippen molar-refractivity contribution in [2.75, 3.05) is 18.9 Å². The normalized spacial score (nSPS) is 30.4. The summed E-state index contributed by atoms with van der Waals surface area (Å²) in [7, 11) is 0. The van der Waals surface area contributed by atoms with Crippen LogP contribution in [0.3, 0.4) is 0 Å². The van der Waals surface area contributed by atoms with Crippen LogP contribution in [0.15, 0.2) is 17.5 Å². The molecular formula is C13H14N2O5S2. The number of carboxylic acid groups (broad SMARTS) is 1. The number of hydrogen-bond donors (Lipinski definition) is 2. The molecule has 1 aromatic rings. The number of thiophene rings is 1. The van der Waals surface area contributed by atoms with E-state index in [-0.39, 0.29) is 30.2 Å². The molecule has 2 unspecified atom stereocenters. The molecule has 0 aromatic carbocycles. The number of fused-ring (bicyclic) bond motifs is 1. The molecule has 0 spiro atoms. The Kier molecular flexibility index (Phi) is 3.87. The van der Waals surface area contributed by atoms with Crippen LogP contribution in [0, 0.1) is 5.41 Å². The third kappa shape index (κ3) is 2.38. The van der Waals surface area contributed by atoms with Crippen LogP contribution in [0.25, 0.3) is 0 Å². The second kappa shape index (κ2) is 5.56. The van der Waals surface area contributed by atoms with Gasteiger partial charge in [0.15, 0.2) is 0 Å². The highest BCUT2D eigenvalue weighted by Crippen LogP contribution is 2.41. The Morgan fingerprint density at radius 2 is 2.32 bits per heavy atom. The standard InChI is InChI=1S/C13H14N2O5S2/c14-8-9(16)15-4-13(12(18)19,6-22-10(8)15)5-20-11(17)7-2-1-3-21-7/h1-3,8,10H,4-6,14H2,(H,18,19)/t8?,10-,13?/m1/s1. The smallest absolute Gasteiger partial charge is 0.348 e. The van der Waals surface area contributed by atoms with E-state index < -0.39 is 23.4 Å². The van der Waals surface area contributed by atoms with Crippen LogP contribution in [0.2, 0.25) is 0 Å². The lowest BCUT2D eigenvalue weighted by molar-refractivity contribution is -0.159. The Balaban J connectivity index is 1.69. The van der Waals surface area contributed by atoms with Gasteiger partial charge >= 0.3 is 11.9 Å². The Labute approximate surface area is 134 Å². The first-order valence-electron chi connectivity index (χ1n) is 6.56. The number of ether oxygens (including phenoxy) is 1. The summed E-state index contributed by atoms with van der Waals surface area (Å²) in [4.78, 5) is 37.1. The number of nitrogens with zero attached hydrogens (tertiary/aromatic N) is 1. The lowest BCUT2D eigenvalue weighted by atomic mass is 9.88. The number of amides is 1. The van der Waals surface area contributed by atoms with E-state index in [9.17, 15) is 19.5 Å². The van der Waals surface area contributed by atoms with Gasteiger partial charge in [-0.2, -0.15) is 0 Å². The molecule has 118 valence electrons. The maximum absolute atomic E-state index is 11.9. The Hall–Kier alpha value is -1.58. The van der Waals surface area contributed by atoms with Gasteiger partial charge in [-0.25, -0.2) is 4.79 Å². The molecule has 0 radical (unpaired) electrons. The summed E-state index contributed by atoms with van der Waals surface area (Å²) in [5.41, 5.74) is 4.40. The summed E-state index contributed by atoms with van der Waals surface area (Å²) in [5, 5.41) is 11.1. The number of carbonyl (C=O) groups is 3. The molecule has 9 heteroatoms. The molecule has 3 atom stereocenters. The fourth-order valence-corrected chi connectivity index (χ4v) is 4.56. The number of hydrogen-bond acceptors (Lipinski definition) is 7. The molecule has 2 saturated heterocycles. The average molecular weight is 342 g/mol. The maximum atomic E-state index is 11.9. The molecule has 2 fully saturated rings. The van der Waals surface area contributed by atoms with Crippen LogP contribution in [-0.2, 0) is 14.3 Å². The molecule has 0 aliphatic carbocycles. The predicted octanol–water partition coefficient (Wildman–Crippen LogP) is 0.218. The number of β-lactam (4-membered cyclic amide) rings is 1. The third-order valence-electron chi connectivity index (χ3n) is 3.84. The van der Waals surface area contributed by atoms with Crippen LogP contribution in [-0.4, -0.2) is 58.2 Å². The van der Waals surface area contributed by atoms with Crippen molar-refractivity contribution in [3.63, 3.8) is 0 Å². The first kappa shape index (κ1) is 15.3. The van der Waals surface area contributed by atoms with Gasteiger partial charge < -0.3 is 20.5 Å². The van der Waals surface area contributed by atoms with Crippen LogP contribution in [0.1, 0.15) is 9.67 Å². The SMILES string of the molecule is NC1C(=O)N2CC(COC(=O)c3cccs3)(C(=O)O)CS[C@H]12. The van der Waals surface area contributed by atoms with E-state index in [1.165, 1.54) is 28.0 Å². The van der Waals surface area contributed by atoms with Crippen molar-refractivity contribution in [2.45, 2.75) is 11.4 Å². The maximum Gasteiger partial charge on any atom is 0.348 e. The highest BCUT2D eigenvalue weighted by molar-refractivity contribution is 8.00. The first-order chi connectivity index (χ1) is 10.4. The average Bonchev–Trinajstić information content (AvgIpc) is 3.05. The van der Waals surface area contributed by atoms with Crippen LogP contribution in [0.5, 0.6) is 0 Å². The van der Waals surface area contributed by atoms with Gasteiger partial charge in [0, 0.05) is 12.3 Å². The monoisotopic (exact) mass is 342 g/mol. The van der Waals surface area contributed by atoms with Gasteiger partial charge in [0.25, 0.3) is 0 Å². The summed E-state index contributed by atoms with van der Waals surface area (Å²) >= 11 is 2.55. The highest BCUT2D eigenvalue weighted by atomic mass is 32.2. The summed E-state index contributed by atoms with van der Waals surface area (Å²) in [5.74, 6) is -1.63. The second-order valence-electron chi connectivity index (χ2n) is 5.33. The molecule has 22 heavy (non-hydrogen) atoms. The van der Waals surface area contributed by atoms with Crippen molar-refractivity contribution in [3.8, 4) is 0 Å². The number of aliphatic carboxylic acids is 1. The summed E-state index contributed by atoms with van der Waals surface area (Å²) in [6.45, 7) is -0.248. The molecule has 0 bridgehead atoms. The molecule has 2 aliphatic heterocycles. The molecule has 3 N–H and O–H groups in total. The highest BCUT2D eigenvalue weighted by Gasteiger charge is 2.56. The Morgan fingerprint density at radius 1 is 1.55 bits per heavy atom. The zero-order chi connectivity index (χ0) is 15.9. The molecule has 1 amide bonds. The Bertz CT molecular complexity index is 620.